The summed E-state index contributed by atoms with van der Waals surface area (Å²) in [5.41, 5.74) is 2.42. The Balaban J connectivity index is 3.18. The molecule has 6 heteroatoms. The zero-order valence-corrected chi connectivity index (χ0v) is 12.5. The molecule has 1 aromatic rings. The van der Waals surface area contributed by atoms with Crippen molar-refractivity contribution in [1.82, 2.24) is 4.72 Å². The van der Waals surface area contributed by atoms with Crippen molar-refractivity contribution >= 4 is 15.7 Å². The van der Waals surface area contributed by atoms with Gasteiger partial charge in [0, 0.05) is 5.54 Å². The third kappa shape index (κ3) is 3.46. The van der Waals surface area contributed by atoms with Crippen LogP contribution in [0.15, 0.2) is 29.2 Å². The fourth-order valence-electron chi connectivity index (χ4n) is 2.13. The molecule has 5 nitrogen and oxygen atoms in total. The SMILES string of the molecule is CCC(CC)(CC)NS(=O)(=O)c1ccccc1NN. The van der Waals surface area contributed by atoms with Crippen molar-refractivity contribution < 1.29 is 8.42 Å². The van der Waals surface area contributed by atoms with E-state index in [4.69, 9.17) is 5.84 Å². The van der Waals surface area contributed by atoms with Crippen LogP contribution in [0.5, 0.6) is 0 Å². The van der Waals surface area contributed by atoms with Crippen molar-refractivity contribution in [3.8, 4) is 0 Å². The molecular formula is C13H23N3O2S. The number of hydrazine groups is 1. The molecule has 0 aliphatic rings. The van der Waals surface area contributed by atoms with Crippen molar-refractivity contribution in [3.63, 3.8) is 0 Å². The highest BCUT2D eigenvalue weighted by atomic mass is 32.2. The van der Waals surface area contributed by atoms with Crippen LogP contribution in [0.4, 0.5) is 5.69 Å². The Morgan fingerprint density at radius 1 is 1.11 bits per heavy atom. The zero-order chi connectivity index (χ0) is 14.5. The van der Waals surface area contributed by atoms with Gasteiger partial charge in [-0.3, -0.25) is 5.84 Å². The van der Waals surface area contributed by atoms with Gasteiger partial charge >= 0.3 is 0 Å². The van der Waals surface area contributed by atoms with Crippen molar-refractivity contribution in [2.75, 3.05) is 5.43 Å². The van der Waals surface area contributed by atoms with Gasteiger partial charge in [-0.2, -0.15) is 0 Å². The Morgan fingerprint density at radius 3 is 2.11 bits per heavy atom. The third-order valence-corrected chi connectivity index (χ3v) is 5.35. The Hall–Kier alpha value is -1.11. The minimum absolute atomic E-state index is 0.178. The molecule has 0 atom stereocenters. The van der Waals surface area contributed by atoms with Crippen LogP contribution in [0.2, 0.25) is 0 Å². The lowest BCUT2D eigenvalue weighted by Crippen LogP contribution is -2.47. The van der Waals surface area contributed by atoms with E-state index in [1.54, 1.807) is 24.3 Å². The van der Waals surface area contributed by atoms with E-state index in [1.165, 1.54) is 0 Å². The Bertz CT molecular complexity index is 502. The quantitative estimate of drug-likeness (QED) is 0.530. The summed E-state index contributed by atoms with van der Waals surface area (Å²) in [5.74, 6) is 5.37. The van der Waals surface area contributed by atoms with E-state index in [-0.39, 0.29) is 4.90 Å². The molecule has 0 fully saturated rings. The van der Waals surface area contributed by atoms with Crippen LogP contribution in [0.25, 0.3) is 0 Å². The molecule has 1 rings (SSSR count). The highest BCUT2D eigenvalue weighted by molar-refractivity contribution is 7.89. The number of rotatable bonds is 7. The van der Waals surface area contributed by atoms with E-state index in [9.17, 15) is 8.42 Å². The first kappa shape index (κ1) is 15.9. The fraction of sp³-hybridized carbons (Fsp3) is 0.538. The van der Waals surface area contributed by atoms with Gasteiger partial charge in [-0.25, -0.2) is 13.1 Å². The zero-order valence-electron chi connectivity index (χ0n) is 11.7. The third-order valence-electron chi connectivity index (χ3n) is 3.71. The lowest BCUT2D eigenvalue weighted by atomic mass is 9.91. The van der Waals surface area contributed by atoms with Gasteiger partial charge < -0.3 is 5.43 Å². The van der Waals surface area contributed by atoms with E-state index >= 15 is 0 Å². The summed E-state index contributed by atoms with van der Waals surface area (Å²) in [5, 5.41) is 0. The van der Waals surface area contributed by atoms with E-state index in [2.05, 4.69) is 10.1 Å². The highest BCUT2D eigenvalue weighted by Crippen LogP contribution is 2.26. The first-order valence-corrected chi connectivity index (χ1v) is 8.02. The van der Waals surface area contributed by atoms with Gasteiger partial charge in [-0.1, -0.05) is 32.9 Å². The standard InChI is InChI=1S/C13H23N3O2S/c1-4-13(5-2,6-3)16-19(17,18)12-10-8-7-9-11(12)15-14/h7-10,15-16H,4-6,14H2,1-3H3. The lowest BCUT2D eigenvalue weighted by molar-refractivity contribution is 0.342. The number of hydrogen-bond acceptors (Lipinski definition) is 4. The summed E-state index contributed by atoms with van der Waals surface area (Å²) < 4.78 is 27.8. The second kappa shape index (κ2) is 6.36. The molecule has 0 radical (unpaired) electrons. The summed E-state index contributed by atoms with van der Waals surface area (Å²) in [6.07, 6.45) is 2.24. The predicted molar refractivity (Wildman–Crippen MR) is 78.2 cm³/mol. The molecule has 0 aliphatic heterocycles. The summed E-state index contributed by atoms with van der Waals surface area (Å²) in [4.78, 5) is 0.178. The van der Waals surface area contributed by atoms with Gasteiger partial charge in [0.15, 0.2) is 0 Å². The number of benzene rings is 1. The van der Waals surface area contributed by atoms with E-state index in [0.717, 1.165) is 19.3 Å². The molecule has 0 amide bonds. The molecule has 0 unspecified atom stereocenters. The van der Waals surface area contributed by atoms with Crippen molar-refractivity contribution in [2.24, 2.45) is 5.84 Å². The number of nitrogens with two attached hydrogens (primary N) is 1. The molecule has 0 saturated carbocycles. The van der Waals surface area contributed by atoms with Gasteiger partial charge in [0.25, 0.3) is 0 Å². The summed E-state index contributed by atoms with van der Waals surface area (Å²) in [7, 11) is -3.59. The van der Waals surface area contributed by atoms with Gasteiger partial charge in [-0.15, -0.1) is 0 Å². The minimum Gasteiger partial charge on any atom is -0.323 e. The number of hydrogen-bond donors (Lipinski definition) is 3. The van der Waals surface area contributed by atoms with Crippen molar-refractivity contribution in [3.05, 3.63) is 24.3 Å². The lowest BCUT2D eigenvalue weighted by Gasteiger charge is -2.31. The van der Waals surface area contributed by atoms with Crippen LogP contribution in [0, 0.1) is 0 Å². The van der Waals surface area contributed by atoms with Crippen LogP contribution < -0.4 is 16.0 Å². The topological polar surface area (TPSA) is 84.2 Å². The van der Waals surface area contributed by atoms with E-state index in [0.29, 0.717) is 5.69 Å². The Morgan fingerprint density at radius 2 is 1.63 bits per heavy atom. The number of para-hydroxylation sites is 1. The van der Waals surface area contributed by atoms with Crippen LogP contribution in [-0.4, -0.2) is 14.0 Å². The maximum absolute atomic E-state index is 12.5. The average molecular weight is 285 g/mol. The maximum Gasteiger partial charge on any atom is 0.243 e. The monoisotopic (exact) mass is 285 g/mol. The molecular weight excluding hydrogens is 262 g/mol. The highest BCUT2D eigenvalue weighted by Gasteiger charge is 2.31. The van der Waals surface area contributed by atoms with Gasteiger partial charge in [0.1, 0.15) is 4.90 Å². The smallest absolute Gasteiger partial charge is 0.243 e. The average Bonchev–Trinajstić information content (AvgIpc) is 2.45. The van der Waals surface area contributed by atoms with Crippen LogP contribution in [0.1, 0.15) is 40.0 Å². The molecule has 108 valence electrons. The Kier molecular flexibility index (Phi) is 5.34. The van der Waals surface area contributed by atoms with Crippen LogP contribution >= 0.6 is 0 Å². The Labute approximate surface area is 115 Å². The number of nitrogens with one attached hydrogen (secondary N) is 2. The molecule has 0 aromatic heterocycles. The molecule has 0 aliphatic carbocycles. The van der Waals surface area contributed by atoms with E-state index in [1.807, 2.05) is 20.8 Å². The normalized spacial score (nSPS) is 12.4. The predicted octanol–water partition coefficient (Wildman–Crippen LogP) is 2.22. The first-order valence-electron chi connectivity index (χ1n) is 6.54. The van der Waals surface area contributed by atoms with Crippen molar-refractivity contribution in [2.45, 2.75) is 50.5 Å². The van der Waals surface area contributed by atoms with Gasteiger partial charge in [0.2, 0.25) is 10.0 Å². The maximum atomic E-state index is 12.5. The number of anilines is 1. The van der Waals surface area contributed by atoms with Crippen LogP contribution in [0.3, 0.4) is 0 Å². The van der Waals surface area contributed by atoms with Crippen molar-refractivity contribution in [1.29, 1.82) is 0 Å². The molecule has 1 aromatic carbocycles. The molecule has 0 bridgehead atoms. The van der Waals surface area contributed by atoms with Crippen LogP contribution in [-0.2, 0) is 10.0 Å². The second-order valence-electron chi connectivity index (χ2n) is 4.59. The fourth-order valence-corrected chi connectivity index (χ4v) is 3.91. The largest absolute Gasteiger partial charge is 0.323 e. The summed E-state index contributed by atoms with van der Waals surface area (Å²) in [6, 6.07) is 6.60. The molecule has 0 spiro atoms. The summed E-state index contributed by atoms with van der Waals surface area (Å²) in [6.45, 7) is 5.97. The molecule has 0 heterocycles. The second-order valence-corrected chi connectivity index (χ2v) is 6.24. The van der Waals surface area contributed by atoms with Gasteiger partial charge in [0.05, 0.1) is 5.69 Å². The first-order chi connectivity index (χ1) is 8.94. The molecule has 4 N–H and O–H groups in total. The molecule has 0 saturated heterocycles. The minimum atomic E-state index is -3.59. The molecule has 19 heavy (non-hydrogen) atoms. The van der Waals surface area contributed by atoms with E-state index < -0.39 is 15.6 Å². The number of nitrogen functional groups attached to an aromatic ring is 1. The summed E-state index contributed by atoms with van der Waals surface area (Å²) >= 11 is 0. The number of sulfonamides is 1. The van der Waals surface area contributed by atoms with Gasteiger partial charge in [-0.05, 0) is 31.4 Å².